The van der Waals surface area contributed by atoms with E-state index in [9.17, 15) is 0 Å². The summed E-state index contributed by atoms with van der Waals surface area (Å²) in [4.78, 5) is 6.97. The third-order valence-corrected chi connectivity index (χ3v) is 18.1. The first-order valence-electron chi connectivity index (χ1n) is 32.7. The van der Waals surface area contributed by atoms with Crippen LogP contribution in [0.15, 0.2) is 400 Å². The van der Waals surface area contributed by atoms with Crippen LogP contribution in [-0.2, 0) is 6.42 Å². The Morgan fingerprint density at radius 3 is 0.568 bits per heavy atom. The molecule has 452 valence electrons. The molecule has 0 N–H and O–H groups in total. The largest absolute Gasteiger partial charge is 0.311 e. The molecule has 0 saturated heterocycles. The van der Waals surface area contributed by atoms with E-state index >= 15 is 0 Å². The molecule has 1 atom stereocenters. The molecule has 0 aliphatic carbocycles. The number of anilines is 9. The molecule has 0 amide bonds. The second-order valence-electron chi connectivity index (χ2n) is 24.1. The summed E-state index contributed by atoms with van der Waals surface area (Å²) >= 11 is 0. The first-order chi connectivity index (χ1) is 47.1. The lowest BCUT2D eigenvalue weighted by atomic mass is 9.85. The van der Waals surface area contributed by atoms with Crippen LogP contribution < -0.4 is 14.7 Å². The lowest BCUT2D eigenvalue weighted by Gasteiger charge is -2.26. The van der Waals surface area contributed by atoms with Crippen molar-refractivity contribution in [1.82, 2.24) is 0 Å². The van der Waals surface area contributed by atoms with Gasteiger partial charge in [0, 0.05) is 57.1 Å². The molecule has 15 rings (SSSR count). The van der Waals surface area contributed by atoms with E-state index in [4.69, 9.17) is 0 Å². The Morgan fingerprint density at radius 1 is 0.147 bits per heavy atom. The van der Waals surface area contributed by atoms with Gasteiger partial charge in [-0.15, -0.1) is 0 Å². The van der Waals surface area contributed by atoms with E-state index in [2.05, 4.69) is 415 Å². The van der Waals surface area contributed by atoms with Crippen molar-refractivity contribution < 1.29 is 0 Å². The lowest BCUT2D eigenvalue weighted by Crippen LogP contribution is -2.10. The van der Waals surface area contributed by atoms with Crippen molar-refractivity contribution >= 4 is 51.2 Å². The van der Waals surface area contributed by atoms with Crippen molar-refractivity contribution in [2.75, 3.05) is 14.7 Å². The van der Waals surface area contributed by atoms with E-state index in [1.165, 1.54) is 72.3 Å². The zero-order chi connectivity index (χ0) is 63.5. The molecule has 3 heteroatoms. The third-order valence-electron chi connectivity index (χ3n) is 18.1. The van der Waals surface area contributed by atoms with Gasteiger partial charge in [0.15, 0.2) is 0 Å². The second-order valence-corrected chi connectivity index (χ2v) is 24.1. The number of benzene rings is 15. The average molecular weight is 1220 g/mol. The van der Waals surface area contributed by atoms with Crippen LogP contribution in [0.2, 0.25) is 0 Å². The highest BCUT2D eigenvalue weighted by atomic mass is 15.2. The van der Waals surface area contributed by atoms with E-state index in [1.54, 1.807) is 0 Å². The van der Waals surface area contributed by atoms with Crippen LogP contribution in [0.25, 0.3) is 66.8 Å². The molecule has 3 nitrogen and oxygen atoms in total. The summed E-state index contributed by atoms with van der Waals surface area (Å²) < 4.78 is 0. The minimum Gasteiger partial charge on any atom is -0.311 e. The molecule has 0 bridgehead atoms. The number of rotatable bonds is 19. The molecule has 95 heavy (non-hydrogen) atoms. The van der Waals surface area contributed by atoms with E-state index in [-0.39, 0.29) is 5.92 Å². The molecule has 0 spiro atoms. The molecule has 0 aromatic heterocycles. The van der Waals surface area contributed by atoms with Gasteiger partial charge in [0.2, 0.25) is 0 Å². The Bertz CT molecular complexity index is 4900. The quantitative estimate of drug-likeness (QED) is 0.0799. The number of para-hydroxylation sites is 3. The molecule has 0 saturated carbocycles. The summed E-state index contributed by atoms with van der Waals surface area (Å²) in [5.74, 6) is 0.196. The molecule has 0 fully saturated rings. The highest BCUT2D eigenvalue weighted by molar-refractivity contribution is 5.84. The molecule has 0 radical (unpaired) electrons. The van der Waals surface area contributed by atoms with Crippen LogP contribution in [0.4, 0.5) is 51.2 Å². The molecular weight excluding hydrogens is 1150 g/mol. The van der Waals surface area contributed by atoms with Gasteiger partial charge in [-0.05, 0) is 199 Å². The highest BCUT2D eigenvalue weighted by Gasteiger charge is 2.19. The minimum absolute atomic E-state index is 0.196. The molecule has 0 heterocycles. The summed E-state index contributed by atoms with van der Waals surface area (Å²) in [5, 5.41) is 0. The Kier molecular flexibility index (Phi) is 17.2. The van der Waals surface area contributed by atoms with Gasteiger partial charge in [0.25, 0.3) is 0 Å². The minimum atomic E-state index is 0.196. The van der Waals surface area contributed by atoms with Crippen molar-refractivity contribution in [3.8, 4) is 66.8 Å². The van der Waals surface area contributed by atoms with Gasteiger partial charge < -0.3 is 14.7 Å². The van der Waals surface area contributed by atoms with Gasteiger partial charge >= 0.3 is 0 Å². The molecular formula is C92H69N3. The van der Waals surface area contributed by atoms with Crippen molar-refractivity contribution in [1.29, 1.82) is 0 Å². The van der Waals surface area contributed by atoms with Crippen molar-refractivity contribution in [3.63, 3.8) is 0 Å². The summed E-state index contributed by atoms with van der Waals surface area (Å²) in [6.45, 7) is 0. The van der Waals surface area contributed by atoms with Gasteiger partial charge in [-0.25, -0.2) is 0 Å². The Hall–Kier alpha value is -12.3. The maximum atomic E-state index is 2.33. The fourth-order valence-electron chi connectivity index (χ4n) is 13.1. The van der Waals surface area contributed by atoms with Gasteiger partial charge in [0.05, 0.1) is 0 Å². The zero-order valence-electron chi connectivity index (χ0n) is 52.7. The van der Waals surface area contributed by atoms with Gasteiger partial charge in [-0.3, -0.25) is 0 Å². The predicted octanol–water partition coefficient (Wildman–Crippen LogP) is 25.5. The fourth-order valence-corrected chi connectivity index (χ4v) is 13.1. The van der Waals surface area contributed by atoms with Crippen LogP contribution in [0.5, 0.6) is 0 Å². The number of hydrogen-bond acceptors (Lipinski definition) is 3. The number of nitrogens with zero attached hydrogens (tertiary/aromatic N) is 3. The Labute approximate surface area is 558 Å². The average Bonchev–Trinajstić information content (AvgIpc) is 1.05. The third kappa shape index (κ3) is 13.3. The maximum absolute atomic E-state index is 2.33. The van der Waals surface area contributed by atoms with Crippen LogP contribution in [-0.4, -0.2) is 0 Å². The second kappa shape index (κ2) is 27.7. The van der Waals surface area contributed by atoms with Gasteiger partial charge in [-0.2, -0.15) is 0 Å². The summed E-state index contributed by atoms with van der Waals surface area (Å²) in [5.41, 5.74) is 28.1. The Balaban J connectivity index is 0.612. The SMILES string of the molecule is c1ccc(-c2ccc(N(c3ccccc3)c3ccc(-c4ccc(C(Cc5ccc(-c6ccc(-c7ccc(N(c8ccccc8)c8ccc(-c9ccc(N(c%10ccccc%10)c%10ccc(-c%11ccccc%11)cc%10)cc9)cc8)cc7)cc6)cc5)c5ccccc5)cc4)cc3)cc2)cc1. The summed E-state index contributed by atoms with van der Waals surface area (Å²) in [6.07, 6.45) is 0.887. The van der Waals surface area contributed by atoms with E-state index in [1.807, 2.05) is 0 Å². The fraction of sp³-hybridized carbons (Fsp3) is 0.0217. The van der Waals surface area contributed by atoms with Crippen LogP contribution in [0.1, 0.15) is 22.6 Å². The zero-order valence-corrected chi connectivity index (χ0v) is 52.7. The standard InChI is InChI=1S/C92H69N3/c1-7-19-69(20-8-1)75-43-55-86(56-44-75)93(83-25-13-4-14-26-83)89-61-49-78(50-62-89)74-39-41-82(42-40-74)92(81-23-11-3-12-24-81)67-68-31-33-71(34-32-68)72-35-37-73(38-36-72)77-47-59-88(60-48-77)95(85-29-17-6-18-30-85)91-65-53-80(54-66-91)79-51-63-90(64-52-79)94(84-27-15-5-16-28-84)87-57-45-76(46-58-87)70-21-9-2-10-22-70/h1-66,92H,67H2. The Morgan fingerprint density at radius 2 is 0.316 bits per heavy atom. The topological polar surface area (TPSA) is 9.72 Å². The molecule has 0 aliphatic heterocycles. The lowest BCUT2D eigenvalue weighted by molar-refractivity contribution is 0.805. The van der Waals surface area contributed by atoms with Gasteiger partial charge in [0.1, 0.15) is 0 Å². The van der Waals surface area contributed by atoms with Crippen molar-refractivity contribution in [2.45, 2.75) is 12.3 Å². The van der Waals surface area contributed by atoms with Crippen LogP contribution in [0.3, 0.4) is 0 Å². The normalized spacial score (nSPS) is 11.4. The van der Waals surface area contributed by atoms with E-state index in [0.717, 1.165) is 68.7 Å². The summed E-state index contributed by atoms with van der Waals surface area (Å²) in [7, 11) is 0. The molecule has 1 unspecified atom stereocenters. The van der Waals surface area contributed by atoms with E-state index < -0.39 is 0 Å². The first kappa shape index (κ1) is 59.0. The molecule has 15 aromatic rings. The van der Waals surface area contributed by atoms with Gasteiger partial charge in [-0.1, -0.05) is 291 Å². The summed E-state index contributed by atoms with van der Waals surface area (Å²) in [6, 6.07) is 145. The number of hydrogen-bond donors (Lipinski definition) is 0. The van der Waals surface area contributed by atoms with E-state index in [0.29, 0.717) is 0 Å². The maximum Gasteiger partial charge on any atom is 0.0462 e. The van der Waals surface area contributed by atoms with Crippen LogP contribution in [0, 0.1) is 0 Å². The molecule has 0 aliphatic rings. The predicted molar refractivity (Wildman–Crippen MR) is 402 cm³/mol. The molecule has 15 aromatic carbocycles. The monoisotopic (exact) mass is 1220 g/mol. The van der Waals surface area contributed by atoms with Crippen LogP contribution >= 0.6 is 0 Å². The smallest absolute Gasteiger partial charge is 0.0462 e. The first-order valence-corrected chi connectivity index (χ1v) is 32.7. The highest BCUT2D eigenvalue weighted by Crippen LogP contribution is 2.42. The van der Waals surface area contributed by atoms with Crippen molar-refractivity contribution in [3.05, 3.63) is 417 Å². The van der Waals surface area contributed by atoms with Crippen molar-refractivity contribution in [2.24, 2.45) is 0 Å².